The Kier molecular flexibility index (Phi) is 6.52. The molecule has 2 rings (SSSR count). The Morgan fingerprint density at radius 3 is 2.43 bits per heavy atom. The zero-order valence-corrected chi connectivity index (χ0v) is 13.6. The highest BCUT2D eigenvalue weighted by molar-refractivity contribution is 5.29. The second kappa shape index (κ2) is 8.40. The molecule has 0 bridgehead atoms. The van der Waals surface area contributed by atoms with Gasteiger partial charge in [0, 0.05) is 19.1 Å². The standard InChI is InChI=1S/C18H30N2O/c1-3-12-21-17-10-8-16(9-11-17)18(13-19)20(4-2)14-15-6-5-7-15/h8-11,15,18H,3-7,12-14,19H2,1-2H3. The lowest BCUT2D eigenvalue weighted by atomic mass is 9.84. The van der Waals surface area contributed by atoms with E-state index in [1.165, 1.54) is 31.4 Å². The molecule has 1 aliphatic carbocycles. The first-order valence-electron chi connectivity index (χ1n) is 8.45. The number of hydrogen-bond acceptors (Lipinski definition) is 3. The van der Waals surface area contributed by atoms with Gasteiger partial charge in [0.2, 0.25) is 0 Å². The van der Waals surface area contributed by atoms with Crippen LogP contribution in [0.2, 0.25) is 0 Å². The van der Waals surface area contributed by atoms with Crippen molar-refractivity contribution in [1.82, 2.24) is 4.90 Å². The van der Waals surface area contributed by atoms with Gasteiger partial charge in [0.25, 0.3) is 0 Å². The van der Waals surface area contributed by atoms with Gasteiger partial charge in [-0.05, 0) is 49.4 Å². The van der Waals surface area contributed by atoms with Crippen LogP contribution in [0.4, 0.5) is 0 Å². The van der Waals surface area contributed by atoms with Crippen molar-refractivity contribution in [3.63, 3.8) is 0 Å². The van der Waals surface area contributed by atoms with Gasteiger partial charge < -0.3 is 10.5 Å². The van der Waals surface area contributed by atoms with Gasteiger partial charge in [-0.15, -0.1) is 0 Å². The van der Waals surface area contributed by atoms with E-state index < -0.39 is 0 Å². The molecule has 1 aromatic carbocycles. The molecule has 3 heteroatoms. The van der Waals surface area contributed by atoms with E-state index in [-0.39, 0.29) is 0 Å². The van der Waals surface area contributed by atoms with E-state index in [2.05, 4.69) is 43.0 Å². The van der Waals surface area contributed by atoms with E-state index in [0.717, 1.165) is 31.2 Å². The smallest absolute Gasteiger partial charge is 0.119 e. The maximum Gasteiger partial charge on any atom is 0.119 e. The van der Waals surface area contributed by atoms with Crippen molar-refractivity contribution >= 4 is 0 Å². The van der Waals surface area contributed by atoms with Crippen LogP contribution < -0.4 is 10.5 Å². The Labute approximate surface area is 129 Å². The summed E-state index contributed by atoms with van der Waals surface area (Å²) in [5.74, 6) is 1.84. The molecular weight excluding hydrogens is 260 g/mol. The third kappa shape index (κ3) is 4.45. The number of likely N-dealkylation sites (N-methyl/N-ethyl adjacent to an activating group) is 1. The Hall–Kier alpha value is -1.06. The van der Waals surface area contributed by atoms with Crippen molar-refractivity contribution in [2.75, 3.05) is 26.2 Å². The summed E-state index contributed by atoms with van der Waals surface area (Å²) < 4.78 is 5.66. The molecule has 0 amide bonds. The van der Waals surface area contributed by atoms with E-state index in [9.17, 15) is 0 Å². The van der Waals surface area contributed by atoms with Crippen molar-refractivity contribution in [1.29, 1.82) is 0 Å². The van der Waals surface area contributed by atoms with Crippen molar-refractivity contribution in [2.45, 2.75) is 45.6 Å². The molecular formula is C18H30N2O. The predicted molar refractivity (Wildman–Crippen MR) is 88.6 cm³/mol. The molecule has 118 valence electrons. The molecule has 0 saturated heterocycles. The Bertz CT molecular complexity index is 400. The second-order valence-corrected chi connectivity index (χ2v) is 6.05. The van der Waals surface area contributed by atoms with E-state index in [1.54, 1.807) is 0 Å². The summed E-state index contributed by atoms with van der Waals surface area (Å²) in [6.07, 6.45) is 5.21. The third-order valence-corrected chi connectivity index (χ3v) is 4.53. The minimum atomic E-state index is 0.329. The van der Waals surface area contributed by atoms with Crippen LogP contribution in [0.1, 0.15) is 51.1 Å². The lowest BCUT2D eigenvalue weighted by Crippen LogP contribution is -2.38. The molecule has 0 heterocycles. The molecule has 1 fully saturated rings. The number of rotatable bonds is 9. The van der Waals surface area contributed by atoms with Crippen LogP contribution in [0.25, 0.3) is 0 Å². The average Bonchev–Trinajstić information content (AvgIpc) is 2.48. The number of nitrogens with two attached hydrogens (primary N) is 1. The summed E-state index contributed by atoms with van der Waals surface area (Å²) >= 11 is 0. The molecule has 1 unspecified atom stereocenters. The Morgan fingerprint density at radius 1 is 1.24 bits per heavy atom. The normalized spacial score (nSPS) is 16.8. The van der Waals surface area contributed by atoms with Gasteiger partial charge in [0.1, 0.15) is 5.75 Å². The summed E-state index contributed by atoms with van der Waals surface area (Å²) in [7, 11) is 0. The molecule has 21 heavy (non-hydrogen) atoms. The SMILES string of the molecule is CCCOc1ccc(C(CN)N(CC)CC2CCC2)cc1. The quantitative estimate of drug-likeness (QED) is 0.755. The minimum Gasteiger partial charge on any atom is -0.494 e. The monoisotopic (exact) mass is 290 g/mol. The molecule has 1 saturated carbocycles. The molecule has 0 aliphatic heterocycles. The predicted octanol–water partition coefficient (Wildman–Crippen LogP) is 3.60. The van der Waals surface area contributed by atoms with Gasteiger partial charge in [-0.2, -0.15) is 0 Å². The topological polar surface area (TPSA) is 38.5 Å². The van der Waals surface area contributed by atoms with Crippen LogP contribution in [-0.2, 0) is 0 Å². The van der Waals surface area contributed by atoms with Gasteiger partial charge >= 0.3 is 0 Å². The van der Waals surface area contributed by atoms with Gasteiger partial charge in [-0.25, -0.2) is 0 Å². The van der Waals surface area contributed by atoms with Crippen LogP contribution in [0.15, 0.2) is 24.3 Å². The highest BCUT2D eigenvalue weighted by Crippen LogP contribution is 2.30. The molecule has 1 atom stereocenters. The summed E-state index contributed by atoms with van der Waals surface area (Å²) in [6.45, 7) is 8.06. The Morgan fingerprint density at radius 2 is 1.95 bits per heavy atom. The molecule has 3 nitrogen and oxygen atoms in total. The van der Waals surface area contributed by atoms with E-state index in [0.29, 0.717) is 12.6 Å². The first-order chi connectivity index (χ1) is 10.3. The van der Waals surface area contributed by atoms with E-state index in [4.69, 9.17) is 10.5 Å². The Balaban J connectivity index is 2.00. The van der Waals surface area contributed by atoms with Crippen LogP contribution in [-0.4, -0.2) is 31.1 Å². The molecule has 1 aliphatic rings. The summed E-state index contributed by atoms with van der Waals surface area (Å²) in [4.78, 5) is 2.53. The van der Waals surface area contributed by atoms with Gasteiger partial charge in [0.05, 0.1) is 6.61 Å². The maximum atomic E-state index is 6.06. The van der Waals surface area contributed by atoms with Crippen LogP contribution >= 0.6 is 0 Å². The molecule has 0 aromatic heterocycles. The zero-order chi connectivity index (χ0) is 15.1. The fraction of sp³-hybridized carbons (Fsp3) is 0.667. The molecule has 1 aromatic rings. The summed E-state index contributed by atoms with van der Waals surface area (Å²) in [6, 6.07) is 8.82. The summed E-state index contributed by atoms with van der Waals surface area (Å²) in [5.41, 5.74) is 7.37. The fourth-order valence-electron chi connectivity index (χ4n) is 2.99. The van der Waals surface area contributed by atoms with Gasteiger partial charge in [0.15, 0.2) is 0 Å². The molecule has 2 N–H and O–H groups in total. The van der Waals surface area contributed by atoms with Crippen molar-refractivity contribution in [2.24, 2.45) is 11.7 Å². The maximum absolute atomic E-state index is 6.06. The van der Waals surface area contributed by atoms with E-state index in [1.807, 2.05) is 0 Å². The van der Waals surface area contributed by atoms with Gasteiger partial charge in [-0.1, -0.05) is 32.4 Å². The number of ether oxygens (including phenoxy) is 1. The van der Waals surface area contributed by atoms with Crippen molar-refractivity contribution < 1.29 is 4.74 Å². The third-order valence-electron chi connectivity index (χ3n) is 4.53. The van der Waals surface area contributed by atoms with Gasteiger partial charge in [-0.3, -0.25) is 4.90 Å². The summed E-state index contributed by atoms with van der Waals surface area (Å²) in [5, 5.41) is 0. The highest BCUT2D eigenvalue weighted by Gasteiger charge is 2.24. The highest BCUT2D eigenvalue weighted by atomic mass is 16.5. The van der Waals surface area contributed by atoms with Crippen LogP contribution in [0.3, 0.4) is 0 Å². The number of nitrogens with zero attached hydrogens (tertiary/aromatic N) is 1. The lowest BCUT2D eigenvalue weighted by Gasteiger charge is -2.36. The van der Waals surface area contributed by atoms with Crippen molar-refractivity contribution in [3.8, 4) is 5.75 Å². The molecule has 0 radical (unpaired) electrons. The fourth-order valence-corrected chi connectivity index (χ4v) is 2.99. The average molecular weight is 290 g/mol. The lowest BCUT2D eigenvalue weighted by molar-refractivity contribution is 0.141. The first kappa shape index (κ1) is 16.3. The zero-order valence-electron chi connectivity index (χ0n) is 13.6. The number of hydrogen-bond donors (Lipinski definition) is 1. The van der Waals surface area contributed by atoms with Crippen LogP contribution in [0.5, 0.6) is 5.75 Å². The molecule has 0 spiro atoms. The van der Waals surface area contributed by atoms with E-state index >= 15 is 0 Å². The number of benzene rings is 1. The largest absolute Gasteiger partial charge is 0.494 e. The second-order valence-electron chi connectivity index (χ2n) is 6.05. The van der Waals surface area contributed by atoms with Crippen LogP contribution in [0, 0.1) is 5.92 Å². The first-order valence-corrected chi connectivity index (χ1v) is 8.45. The van der Waals surface area contributed by atoms with Crippen molar-refractivity contribution in [3.05, 3.63) is 29.8 Å². The minimum absolute atomic E-state index is 0.329.